The van der Waals surface area contributed by atoms with Gasteiger partial charge in [0.2, 0.25) is 0 Å². The number of fused-ring (bicyclic) bond motifs is 1. The van der Waals surface area contributed by atoms with Gasteiger partial charge in [0.25, 0.3) is 16.8 Å². The first-order valence-electron chi connectivity index (χ1n) is 11.5. The Labute approximate surface area is 196 Å². The lowest BCUT2D eigenvalue weighted by Gasteiger charge is -2.39. The number of aromatic hydroxyl groups is 1. The molecule has 1 aromatic carbocycles. The van der Waals surface area contributed by atoms with Gasteiger partial charge in [-0.1, -0.05) is 13.8 Å². The van der Waals surface area contributed by atoms with E-state index >= 15 is 0 Å². The maximum absolute atomic E-state index is 12.7. The molecule has 9 nitrogen and oxygen atoms in total. The lowest BCUT2D eigenvalue weighted by molar-refractivity contribution is 0.0776. The molecule has 9 heteroatoms. The summed E-state index contributed by atoms with van der Waals surface area (Å²) < 4.78 is 5.83. The molecule has 0 aliphatic heterocycles. The number of hydrogen-bond donors (Lipinski definition) is 3. The van der Waals surface area contributed by atoms with Crippen molar-refractivity contribution in [2.75, 3.05) is 17.7 Å². The highest BCUT2D eigenvalue weighted by Gasteiger charge is 2.40. The Bertz CT molecular complexity index is 1360. The Kier molecular flexibility index (Phi) is 5.03. The van der Waals surface area contributed by atoms with Gasteiger partial charge in [-0.15, -0.1) is 0 Å². The summed E-state index contributed by atoms with van der Waals surface area (Å²) in [4.78, 5) is 43.3. The summed E-state index contributed by atoms with van der Waals surface area (Å²) in [5, 5.41) is 16.9. The number of furan rings is 1. The zero-order chi connectivity index (χ0) is 24.4. The smallest absolute Gasteiger partial charge is 0.276 e. The minimum atomic E-state index is -0.682. The van der Waals surface area contributed by atoms with Crippen molar-refractivity contribution in [3.63, 3.8) is 0 Å². The minimum absolute atomic E-state index is 0.0589. The van der Waals surface area contributed by atoms with Gasteiger partial charge >= 0.3 is 0 Å². The van der Waals surface area contributed by atoms with Gasteiger partial charge in [-0.3, -0.25) is 14.4 Å². The number of carbonyl (C=O) groups is 1. The van der Waals surface area contributed by atoms with E-state index < -0.39 is 10.9 Å². The molecule has 34 heavy (non-hydrogen) atoms. The minimum Gasteiger partial charge on any atom is -0.504 e. The van der Waals surface area contributed by atoms with Crippen molar-refractivity contribution < 1.29 is 14.3 Å². The summed E-state index contributed by atoms with van der Waals surface area (Å²) >= 11 is 0. The Hall–Kier alpha value is -3.62. The molecule has 0 saturated heterocycles. The fourth-order valence-electron chi connectivity index (χ4n) is 4.73. The van der Waals surface area contributed by atoms with Crippen LogP contribution in [0.3, 0.4) is 0 Å². The van der Waals surface area contributed by atoms with Crippen LogP contribution in [0.15, 0.2) is 32.3 Å². The maximum Gasteiger partial charge on any atom is 0.276 e. The normalized spacial score (nSPS) is 19.0. The molecule has 3 aromatic rings. The van der Waals surface area contributed by atoms with Crippen LogP contribution in [0.5, 0.6) is 5.75 Å². The van der Waals surface area contributed by atoms with Gasteiger partial charge in [-0.05, 0) is 43.7 Å². The molecule has 0 unspecified atom stereocenters. The summed E-state index contributed by atoms with van der Waals surface area (Å²) in [6.07, 6.45) is 4.90. The molecule has 2 aliphatic rings. The van der Waals surface area contributed by atoms with Gasteiger partial charge in [-0.25, -0.2) is 4.98 Å². The standard InChI is InChI=1S/C25H28N4O5/c1-12-11-14-16(34-12)7-9-25(2,3)23(14)28-18-17(21(31)22(18)32)27-15-8-10-26-19(20(15)30)24(33)29(4)13-5-6-13/h8,10-11,13,23,28,30H,5-7,9H2,1-4H3,(H,26,27)/t23-/m0/s1. The number of pyridine rings is 1. The summed E-state index contributed by atoms with van der Waals surface area (Å²) in [6.45, 7) is 6.10. The third kappa shape index (κ3) is 3.55. The topological polar surface area (TPSA) is 125 Å². The molecule has 1 amide bonds. The molecule has 0 bridgehead atoms. The second-order valence-electron chi connectivity index (χ2n) is 10.0. The van der Waals surface area contributed by atoms with E-state index in [1.165, 1.54) is 12.3 Å². The van der Waals surface area contributed by atoms with Gasteiger partial charge in [0.15, 0.2) is 11.4 Å². The molecule has 0 spiro atoms. The number of carbonyl (C=O) groups excluding carboxylic acids is 1. The van der Waals surface area contributed by atoms with Crippen LogP contribution in [0.4, 0.5) is 17.1 Å². The van der Waals surface area contributed by atoms with E-state index in [1.54, 1.807) is 11.9 Å². The molecule has 1 saturated carbocycles. The largest absolute Gasteiger partial charge is 0.504 e. The average Bonchev–Trinajstić information content (AvgIpc) is 3.58. The molecule has 3 N–H and O–H groups in total. The zero-order valence-corrected chi connectivity index (χ0v) is 19.7. The highest BCUT2D eigenvalue weighted by atomic mass is 16.3. The number of hydrogen-bond acceptors (Lipinski definition) is 8. The third-order valence-corrected chi connectivity index (χ3v) is 7.05. The first-order chi connectivity index (χ1) is 16.1. The van der Waals surface area contributed by atoms with Crippen molar-refractivity contribution >= 4 is 23.0 Å². The van der Waals surface area contributed by atoms with Crippen molar-refractivity contribution in [1.82, 2.24) is 9.88 Å². The molecular weight excluding hydrogens is 436 g/mol. The van der Waals surface area contributed by atoms with Crippen LogP contribution in [0.25, 0.3) is 0 Å². The number of aryl methyl sites for hydroxylation is 2. The fraction of sp³-hybridized carbons (Fsp3) is 0.440. The highest BCUT2D eigenvalue weighted by Crippen LogP contribution is 2.47. The second kappa shape index (κ2) is 7.72. The van der Waals surface area contributed by atoms with E-state index in [2.05, 4.69) is 29.5 Å². The molecule has 0 radical (unpaired) electrons. The summed E-state index contributed by atoms with van der Waals surface area (Å²) in [6, 6.07) is 3.36. The van der Waals surface area contributed by atoms with E-state index in [1.807, 2.05) is 13.0 Å². The Morgan fingerprint density at radius 2 is 1.94 bits per heavy atom. The predicted octanol–water partition coefficient (Wildman–Crippen LogP) is 3.39. The van der Waals surface area contributed by atoms with Gasteiger partial charge in [-0.2, -0.15) is 0 Å². The number of aromatic nitrogens is 1. The van der Waals surface area contributed by atoms with E-state index in [-0.39, 0.29) is 51.9 Å². The maximum atomic E-state index is 12.7. The molecular formula is C25H28N4O5. The first kappa shape index (κ1) is 22.2. The van der Waals surface area contributed by atoms with Gasteiger partial charge in [0.05, 0.1) is 11.7 Å². The van der Waals surface area contributed by atoms with Gasteiger partial charge in [0.1, 0.15) is 22.9 Å². The highest BCUT2D eigenvalue weighted by molar-refractivity contribution is 5.97. The van der Waals surface area contributed by atoms with Crippen molar-refractivity contribution in [3.05, 3.63) is 61.6 Å². The SMILES string of the molecule is Cc1cc2c(o1)CCC(C)(C)[C@H]2Nc1c(Nc2ccnc(C(=O)N(C)C3CC3)c2O)c(=O)c1=O. The molecule has 178 valence electrons. The number of rotatable bonds is 6. The molecule has 1 fully saturated rings. The van der Waals surface area contributed by atoms with E-state index in [0.29, 0.717) is 0 Å². The van der Waals surface area contributed by atoms with Crippen molar-refractivity contribution in [2.24, 2.45) is 5.41 Å². The zero-order valence-electron chi connectivity index (χ0n) is 19.7. The summed E-state index contributed by atoms with van der Waals surface area (Å²) in [5.41, 5.74) is -0.248. The lowest BCUT2D eigenvalue weighted by Crippen LogP contribution is -2.41. The Morgan fingerprint density at radius 1 is 1.24 bits per heavy atom. The number of nitrogens with one attached hydrogen (secondary N) is 2. The van der Waals surface area contributed by atoms with Crippen LogP contribution < -0.4 is 21.5 Å². The van der Waals surface area contributed by atoms with E-state index in [9.17, 15) is 19.5 Å². The van der Waals surface area contributed by atoms with Crippen LogP contribution in [0, 0.1) is 12.3 Å². The molecule has 1 atom stereocenters. The monoisotopic (exact) mass is 464 g/mol. The van der Waals surface area contributed by atoms with Gasteiger partial charge in [0, 0.05) is 31.3 Å². The molecule has 5 rings (SSSR count). The van der Waals surface area contributed by atoms with Crippen LogP contribution in [-0.2, 0) is 6.42 Å². The first-order valence-corrected chi connectivity index (χ1v) is 11.5. The predicted molar refractivity (Wildman–Crippen MR) is 128 cm³/mol. The van der Waals surface area contributed by atoms with Crippen LogP contribution in [-0.4, -0.2) is 34.0 Å². The fourth-order valence-corrected chi connectivity index (χ4v) is 4.73. The van der Waals surface area contributed by atoms with E-state index in [0.717, 1.165) is 42.8 Å². The second-order valence-corrected chi connectivity index (χ2v) is 10.0. The molecule has 2 heterocycles. The third-order valence-electron chi connectivity index (χ3n) is 7.05. The van der Waals surface area contributed by atoms with Gasteiger partial charge < -0.3 is 25.1 Å². The van der Waals surface area contributed by atoms with E-state index in [4.69, 9.17) is 4.42 Å². The Balaban J connectivity index is 1.45. The Morgan fingerprint density at radius 3 is 2.65 bits per heavy atom. The molecule has 2 aromatic heterocycles. The van der Waals surface area contributed by atoms with Crippen LogP contribution in [0.2, 0.25) is 0 Å². The number of nitrogens with zero attached hydrogens (tertiary/aromatic N) is 2. The van der Waals surface area contributed by atoms with Crippen molar-refractivity contribution in [1.29, 1.82) is 0 Å². The van der Waals surface area contributed by atoms with Crippen LogP contribution in [0.1, 0.15) is 66.7 Å². The number of anilines is 3. The average molecular weight is 465 g/mol. The number of amides is 1. The van der Waals surface area contributed by atoms with Crippen LogP contribution >= 0.6 is 0 Å². The quantitative estimate of drug-likeness (QED) is 0.474. The summed E-state index contributed by atoms with van der Waals surface area (Å²) in [5.74, 6) is 0.939. The molecule has 2 aliphatic carbocycles. The van der Waals surface area contributed by atoms with Crippen molar-refractivity contribution in [2.45, 2.75) is 58.5 Å². The summed E-state index contributed by atoms with van der Waals surface area (Å²) in [7, 11) is 1.68. The van der Waals surface area contributed by atoms with Crippen molar-refractivity contribution in [3.8, 4) is 5.75 Å². The lowest BCUT2D eigenvalue weighted by atomic mass is 9.72.